The SMILES string of the molecule is O=CNCC(=O)NC(C=O)CC1CCNC1=O. The van der Waals surface area contributed by atoms with Gasteiger partial charge in [-0.2, -0.15) is 0 Å². The summed E-state index contributed by atoms with van der Waals surface area (Å²) in [6, 6.07) is -0.690. The normalized spacial score (nSPS) is 20.2. The van der Waals surface area contributed by atoms with Crippen molar-refractivity contribution in [3.8, 4) is 0 Å². The molecule has 0 aliphatic carbocycles. The maximum atomic E-state index is 11.3. The van der Waals surface area contributed by atoms with Crippen molar-refractivity contribution < 1.29 is 19.2 Å². The Kier molecular flexibility index (Phi) is 5.12. The number of aldehydes is 1. The van der Waals surface area contributed by atoms with Crippen molar-refractivity contribution in [3.63, 3.8) is 0 Å². The molecule has 94 valence electrons. The van der Waals surface area contributed by atoms with Crippen molar-refractivity contribution in [2.24, 2.45) is 5.92 Å². The van der Waals surface area contributed by atoms with Crippen LogP contribution in [-0.2, 0) is 19.2 Å². The quantitative estimate of drug-likeness (QED) is 0.446. The van der Waals surface area contributed by atoms with Gasteiger partial charge >= 0.3 is 0 Å². The first-order chi connectivity index (χ1) is 8.17. The Morgan fingerprint density at radius 3 is 2.82 bits per heavy atom. The van der Waals surface area contributed by atoms with Gasteiger partial charge in [0, 0.05) is 12.5 Å². The molecule has 3 amide bonds. The van der Waals surface area contributed by atoms with Gasteiger partial charge in [-0.25, -0.2) is 0 Å². The second kappa shape index (κ2) is 6.62. The van der Waals surface area contributed by atoms with Crippen molar-refractivity contribution in [2.75, 3.05) is 13.1 Å². The zero-order valence-electron chi connectivity index (χ0n) is 9.27. The van der Waals surface area contributed by atoms with Crippen LogP contribution in [0.5, 0.6) is 0 Å². The molecule has 1 heterocycles. The molecule has 1 aliphatic rings. The van der Waals surface area contributed by atoms with Crippen molar-refractivity contribution >= 4 is 24.5 Å². The second-order valence-electron chi connectivity index (χ2n) is 3.82. The van der Waals surface area contributed by atoms with E-state index in [1.165, 1.54) is 0 Å². The fourth-order valence-electron chi connectivity index (χ4n) is 1.72. The Morgan fingerprint density at radius 1 is 1.53 bits per heavy atom. The van der Waals surface area contributed by atoms with E-state index in [2.05, 4.69) is 16.0 Å². The zero-order valence-corrected chi connectivity index (χ0v) is 9.27. The Labute approximate surface area is 98.3 Å². The van der Waals surface area contributed by atoms with Crippen molar-refractivity contribution in [1.82, 2.24) is 16.0 Å². The average molecular weight is 241 g/mol. The molecule has 2 atom stereocenters. The first-order valence-corrected chi connectivity index (χ1v) is 5.36. The minimum atomic E-state index is -0.690. The molecular formula is C10H15N3O4. The molecule has 0 saturated carbocycles. The number of hydrogen-bond donors (Lipinski definition) is 3. The van der Waals surface area contributed by atoms with Crippen LogP contribution < -0.4 is 16.0 Å². The van der Waals surface area contributed by atoms with Gasteiger partial charge in [-0.05, 0) is 12.8 Å². The fourth-order valence-corrected chi connectivity index (χ4v) is 1.72. The third kappa shape index (κ3) is 4.21. The molecule has 3 N–H and O–H groups in total. The summed E-state index contributed by atoms with van der Waals surface area (Å²) in [6.07, 6.45) is 1.97. The fraction of sp³-hybridized carbons (Fsp3) is 0.600. The monoisotopic (exact) mass is 241 g/mol. The van der Waals surface area contributed by atoms with Crippen LogP contribution in [0.2, 0.25) is 0 Å². The lowest BCUT2D eigenvalue weighted by Crippen LogP contribution is -2.42. The van der Waals surface area contributed by atoms with Gasteiger partial charge in [0.25, 0.3) is 0 Å². The van der Waals surface area contributed by atoms with E-state index in [0.717, 1.165) is 0 Å². The van der Waals surface area contributed by atoms with Crippen LogP contribution in [0.15, 0.2) is 0 Å². The molecule has 7 heteroatoms. The second-order valence-corrected chi connectivity index (χ2v) is 3.82. The average Bonchev–Trinajstić information content (AvgIpc) is 2.71. The lowest BCUT2D eigenvalue weighted by atomic mass is 9.99. The van der Waals surface area contributed by atoms with Crippen LogP contribution in [0.3, 0.4) is 0 Å². The summed E-state index contributed by atoms with van der Waals surface area (Å²) in [5.41, 5.74) is 0. The molecule has 0 aromatic carbocycles. The molecule has 0 spiro atoms. The number of carbonyl (C=O) groups excluding carboxylic acids is 4. The summed E-state index contributed by atoms with van der Waals surface area (Å²) in [6.45, 7) is 0.431. The van der Waals surface area contributed by atoms with Crippen LogP contribution >= 0.6 is 0 Å². The number of hydrogen-bond acceptors (Lipinski definition) is 4. The summed E-state index contributed by atoms with van der Waals surface area (Å²) in [4.78, 5) is 43.3. The van der Waals surface area contributed by atoms with Crippen LogP contribution in [-0.4, -0.2) is 43.6 Å². The van der Waals surface area contributed by atoms with Gasteiger partial charge in [0.15, 0.2) is 0 Å². The van der Waals surface area contributed by atoms with Crippen LogP contribution in [0.4, 0.5) is 0 Å². The van der Waals surface area contributed by atoms with E-state index in [9.17, 15) is 19.2 Å². The topological polar surface area (TPSA) is 104 Å². The summed E-state index contributed by atoms with van der Waals surface area (Å²) in [7, 11) is 0. The van der Waals surface area contributed by atoms with Crippen LogP contribution in [0, 0.1) is 5.92 Å². The van der Waals surface area contributed by atoms with Crippen molar-refractivity contribution in [2.45, 2.75) is 18.9 Å². The van der Waals surface area contributed by atoms with Crippen LogP contribution in [0.1, 0.15) is 12.8 Å². The molecule has 1 aliphatic heterocycles. The summed E-state index contributed by atoms with van der Waals surface area (Å²) in [5.74, 6) is -0.769. The molecule has 0 aromatic rings. The predicted octanol–water partition coefficient (Wildman–Crippen LogP) is -2.06. The third-order valence-electron chi connectivity index (χ3n) is 2.56. The van der Waals surface area contributed by atoms with Crippen molar-refractivity contribution in [3.05, 3.63) is 0 Å². The molecule has 0 bridgehead atoms. The first kappa shape index (κ1) is 13.1. The van der Waals surface area contributed by atoms with Gasteiger partial charge in [-0.15, -0.1) is 0 Å². The van der Waals surface area contributed by atoms with Gasteiger partial charge < -0.3 is 20.7 Å². The molecule has 0 radical (unpaired) electrons. The lowest BCUT2D eigenvalue weighted by Gasteiger charge is -2.15. The van der Waals surface area contributed by atoms with Gasteiger partial charge in [0.1, 0.15) is 6.29 Å². The van der Waals surface area contributed by atoms with E-state index < -0.39 is 11.9 Å². The Bertz CT molecular complexity index is 319. The van der Waals surface area contributed by atoms with Crippen molar-refractivity contribution in [1.29, 1.82) is 0 Å². The summed E-state index contributed by atoms with van der Waals surface area (Å²) < 4.78 is 0. The van der Waals surface area contributed by atoms with Gasteiger partial charge in [0.05, 0.1) is 12.6 Å². The third-order valence-corrected chi connectivity index (χ3v) is 2.56. The van der Waals surface area contributed by atoms with Gasteiger partial charge in [-0.3, -0.25) is 14.4 Å². The highest BCUT2D eigenvalue weighted by atomic mass is 16.2. The van der Waals surface area contributed by atoms with Crippen LogP contribution in [0.25, 0.3) is 0 Å². The highest BCUT2D eigenvalue weighted by Crippen LogP contribution is 2.15. The summed E-state index contributed by atoms with van der Waals surface area (Å²) >= 11 is 0. The largest absolute Gasteiger partial charge is 0.356 e. The standard InChI is InChI=1S/C10H15N3O4/c14-5-8(13-9(16)4-11-6-15)3-7-1-2-12-10(7)17/h5-8H,1-4H2,(H,11,15)(H,12,17)(H,13,16). The first-order valence-electron chi connectivity index (χ1n) is 5.36. The summed E-state index contributed by atoms with van der Waals surface area (Å²) in [5, 5.41) is 7.29. The molecule has 2 unspecified atom stereocenters. The predicted molar refractivity (Wildman–Crippen MR) is 57.8 cm³/mol. The van der Waals surface area contributed by atoms with E-state index in [1.807, 2.05) is 0 Å². The maximum absolute atomic E-state index is 11.3. The molecular weight excluding hydrogens is 226 g/mol. The lowest BCUT2D eigenvalue weighted by molar-refractivity contribution is -0.126. The van der Waals surface area contributed by atoms with E-state index in [-0.39, 0.29) is 18.4 Å². The van der Waals surface area contributed by atoms with E-state index in [4.69, 9.17) is 0 Å². The van der Waals surface area contributed by atoms with Gasteiger partial charge in [0.2, 0.25) is 18.2 Å². The van der Waals surface area contributed by atoms with Gasteiger partial charge in [-0.1, -0.05) is 0 Å². The highest BCUT2D eigenvalue weighted by molar-refractivity contribution is 5.84. The van der Waals surface area contributed by atoms with E-state index in [0.29, 0.717) is 32.1 Å². The molecule has 17 heavy (non-hydrogen) atoms. The number of rotatable bonds is 7. The Hall–Kier alpha value is -1.92. The molecule has 7 nitrogen and oxygen atoms in total. The molecule has 0 aromatic heterocycles. The highest BCUT2D eigenvalue weighted by Gasteiger charge is 2.27. The Balaban J connectivity index is 2.37. The van der Waals surface area contributed by atoms with E-state index >= 15 is 0 Å². The molecule has 1 saturated heterocycles. The molecule has 1 rings (SSSR count). The Morgan fingerprint density at radius 2 is 2.29 bits per heavy atom. The number of carbonyl (C=O) groups is 4. The zero-order chi connectivity index (χ0) is 12.7. The minimum absolute atomic E-state index is 0.0860. The molecule has 1 fully saturated rings. The van der Waals surface area contributed by atoms with E-state index in [1.54, 1.807) is 0 Å². The number of nitrogens with one attached hydrogen (secondary N) is 3. The minimum Gasteiger partial charge on any atom is -0.356 e. The maximum Gasteiger partial charge on any atom is 0.239 e. The number of amides is 3. The smallest absolute Gasteiger partial charge is 0.239 e.